The van der Waals surface area contributed by atoms with Crippen LogP contribution >= 0.6 is 11.8 Å². The third kappa shape index (κ3) is 4.43. The van der Waals surface area contributed by atoms with E-state index in [9.17, 15) is 23.7 Å². The highest BCUT2D eigenvalue weighted by Crippen LogP contribution is 2.32. The predicted molar refractivity (Wildman–Crippen MR) is 113 cm³/mol. The fourth-order valence-electron chi connectivity index (χ4n) is 3.37. The van der Waals surface area contributed by atoms with Crippen LogP contribution in [0.3, 0.4) is 0 Å². The number of hydrogen-bond acceptors (Lipinski definition) is 11. The number of nitrogens with zero attached hydrogens (tertiary/aromatic N) is 4. The normalized spacial score (nSPS) is 23.8. The molecule has 0 saturated carbocycles. The van der Waals surface area contributed by atoms with Crippen LogP contribution in [0.25, 0.3) is 11.2 Å². The Morgan fingerprint density at radius 1 is 1.16 bits per heavy atom. The molecule has 1 aliphatic heterocycles. The van der Waals surface area contributed by atoms with Gasteiger partial charge in [0.05, 0.1) is 17.8 Å². The average Bonchev–Trinajstić information content (AvgIpc) is 3.29. The van der Waals surface area contributed by atoms with Crippen molar-refractivity contribution in [2.75, 3.05) is 18.1 Å². The smallest absolute Gasteiger partial charge is 0.294 e. The van der Waals surface area contributed by atoms with Crippen molar-refractivity contribution >= 4 is 38.9 Å². The first-order valence-electron chi connectivity index (χ1n) is 9.50. The fourth-order valence-corrected chi connectivity index (χ4v) is 4.68. The Hall–Kier alpha value is -2.33. The van der Waals surface area contributed by atoms with E-state index < -0.39 is 41.3 Å². The molecular formula is C18H21N5O7S2. The van der Waals surface area contributed by atoms with Gasteiger partial charge in [0.1, 0.15) is 23.8 Å². The molecule has 1 fully saturated rings. The van der Waals surface area contributed by atoms with Gasteiger partial charge in [0.25, 0.3) is 10.1 Å². The van der Waals surface area contributed by atoms with Gasteiger partial charge >= 0.3 is 0 Å². The molecule has 14 heteroatoms. The average molecular weight is 484 g/mol. The lowest BCUT2D eigenvalue weighted by atomic mass is 10.1. The van der Waals surface area contributed by atoms with Crippen LogP contribution in [0.2, 0.25) is 0 Å². The number of aromatic nitrogens is 4. The minimum atomic E-state index is -4.23. The Morgan fingerprint density at radius 2 is 1.88 bits per heavy atom. The van der Waals surface area contributed by atoms with E-state index in [1.165, 1.54) is 34.8 Å². The third-order valence-corrected chi connectivity index (χ3v) is 6.78. The van der Waals surface area contributed by atoms with E-state index in [4.69, 9.17) is 15.0 Å². The SMILES string of the molecule is Nc1nc(SCCc2ccc(S(=O)(=O)O)cc2)nc2c1ncn2[C@@H]1O[C@H](CO)[C@@H](O)[C@@H]1O. The lowest BCUT2D eigenvalue weighted by molar-refractivity contribution is -0.0511. The summed E-state index contributed by atoms with van der Waals surface area (Å²) < 4.78 is 38.3. The minimum Gasteiger partial charge on any atom is -0.394 e. The molecule has 0 bridgehead atoms. The van der Waals surface area contributed by atoms with Gasteiger partial charge in [-0.15, -0.1) is 0 Å². The molecule has 3 heterocycles. The zero-order chi connectivity index (χ0) is 23.0. The Morgan fingerprint density at radius 3 is 2.50 bits per heavy atom. The molecule has 3 aromatic rings. The van der Waals surface area contributed by atoms with Crippen molar-refractivity contribution in [1.82, 2.24) is 19.5 Å². The molecule has 1 aliphatic rings. The largest absolute Gasteiger partial charge is 0.394 e. The van der Waals surface area contributed by atoms with Gasteiger partial charge < -0.3 is 25.8 Å². The quantitative estimate of drug-likeness (QED) is 0.166. The maximum atomic E-state index is 11.1. The second-order valence-corrected chi connectivity index (χ2v) is 9.65. The van der Waals surface area contributed by atoms with Crippen molar-refractivity contribution in [3.05, 3.63) is 36.2 Å². The van der Waals surface area contributed by atoms with Crippen LogP contribution < -0.4 is 5.73 Å². The number of thioether (sulfide) groups is 1. The number of nitrogens with two attached hydrogens (primary N) is 1. The predicted octanol–water partition coefficient (Wildman–Crippen LogP) is -0.399. The molecule has 0 radical (unpaired) electrons. The third-order valence-electron chi connectivity index (χ3n) is 5.06. The highest BCUT2D eigenvalue weighted by Gasteiger charge is 2.44. The van der Waals surface area contributed by atoms with Gasteiger partial charge in [-0.1, -0.05) is 23.9 Å². The van der Waals surface area contributed by atoms with Crippen LogP contribution in [0.1, 0.15) is 11.8 Å². The number of aliphatic hydroxyl groups is 3. The van der Waals surface area contributed by atoms with E-state index in [0.29, 0.717) is 28.5 Å². The summed E-state index contributed by atoms with van der Waals surface area (Å²) in [6.45, 7) is -0.454. The number of ether oxygens (including phenoxy) is 1. The molecule has 0 unspecified atom stereocenters. The summed E-state index contributed by atoms with van der Waals surface area (Å²) in [5, 5.41) is 30.0. The first kappa shape index (κ1) is 22.8. The number of hydrogen-bond donors (Lipinski definition) is 5. The van der Waals surface area contributed by atoms with Gasteiger partial charge in [0.2, 0.25) is 0 Å². The Balaban J connectivity index is 1.50. The number of imidazole rings is 1. The van der Waals surface area contributed by atoms with E-state index in [1.54, 1.807) is 12.1 Å². The molecule has 32 heavy (non-hydrogen) atoms. The first-order valence-corrected chi connectivity index (χ1v) is 11.9. The number of nitrogen functional groups attached to an aromatic ring is 1. The Bertz CT molecular complexity index is 1220. The fraction of sp³-hybridized carbons (Fsp3) is 0.389. The van der Waals surface area contributed by atoms with Crippen LogP contribution in [0.5, 0.6) is 0 Å². The van der Waals surface area contributed by atoms with Gasteiger partial charge in [-0.25, -0.2) is 15.0 Å². The van der Waals surface area contributed by atoms with E-state index in [2.05, 4.69) is 15.0 Å². The molecule has 2 aromatic heterocycles. The molecule has 0 aliphatic carbocycles. The molecule has 1 saturated heterocycles. The summed E-state index contributed by atoms with van der Waals surface area (Å²) in [5.41, 5.74) is 7.49. The molecule has 0 spiro atoms. The summed E-state index contributed by atoms with van der Waals surface area (Å²) >= 11 is 1.31. The standard InChI is InChI=1S/C18H21N5O7S2/c19-15-12-16(23(8-20-12)17-14(26)13(25)11(7-24)30-17)22-18(21-15)31-6-5-9-1-3-10(4-2-9)32(27,28)29/h1-4,8,11,13-14,17,24-26H,5-7H2,(H2,19,21,22)(H,27,28,29)/t11-,13-,14+,17-/m1/s1. The summed E-state index contributed by atoms with van der Waals surface area (Å²) in [5.74, 6) is 0.693. The molecule has 4 rings (SSSR count). The van der Waals surface area contributed by atoms with Gasteiger partial charge in [0.15, 0.2) is 22.8 Å². The zero-order valence-corrected chi connectivity index (χ0v) is 18.1. The monoisotopic (exact) mass is 483 g/mol. The van der Waals surface area contributed by atoms with Crippen LogP contribution in [-0.2, 0) is 21.3 Å². The molecule has 6 N–H and O–H groups in total. The zero-order valence-electron chi connectivity index (χ0n) is 16.5. The number of aliphatic hydroxyl groups excluding tert-OH is 3. The maximum absolute atomic E-state index is 11.1. The lowest BCUT2D eigenvalue weighted by Crippen LogP contribution is -2.33. The van der Waals surface area contributed by atoms with E-state index in [0.717, 1.165) is 5.56 Å². The number of rotatable bonds is 7. The highest BCUT2D eigenvalue weighted by molar-refractivity contribution is 7.99. The lowest BCUT2D eigenvalue weighted by Gasteiger charge is -2.16. The van der Waals surface area contributed by atoms with Crippen LogP contribution in [0.15, 0.2) is 40.6 Å². The highest BCUT2D eigenvalue weighted by atomic mass is 32.2. The summed E-state index contributed by atoms with van der Waals surface area (Å²) in [4.78, 5) is 12.7. The molecule has 0 amide bonds. The summed E-state index contributed by atoms with van der Waals surface area (Å²) in [6, 6.07) is 5.88. The van der Waals surface area contributed by atoms with E-state index in [1.807, 2.05) is 0 Å². The minimum absolute atomic E-state index is 0.139. The topological polar surface area (TPSA) is 194 Å². The first-order chi connectivity index (χ1) is 15.2. The van der Waals surface area contributed by atoms with Gasteiger partial charge in [-0.3, -0.25) is 9.12 Å². The molecule has 1 aromatic carbocycles. The molecule has 172 valence electrons. The Kier molecular flexibility index (Phi) is 6.35. The van der Waals surface area contributed by atoms with Crippen molar-refractivity contribution in [2.45, 2.75) is 41.0 Å². The van der Waals surface area contributed by atoms with Gasteiger partial charge in [-0.05, 0) is 24.1 Å². The number of fused-ring (bicyclic) bond motifs is 1. The van der Waals surface area contributed by atoms with Crippen molar-refractivity contribution in [1.29, 1.82) is 0 Å². The van der Waals surface area contributed by atoms with E-state index >= 15 is 0 Å². The molecule has 12 nitrogen and oxygen atoms in total. The Labute approximate surface area is 186 Å². The number of benzene rings is 1. The van der Waals surface area contributed by atoms with Crippen molar-refractivity contribution < 1.29 is 33.0 Å². The van der Waals surface area contributed by atoms with Crippen LogP contribution in [-0.4, -0.2) is 78.5 Å². The van der Waals surface area contributed by atoms with Crippen molar-refractivity contribution in [3.8, 4) is 0 Å². The maximum Gasteiger partial charge on any atom is 0.294 e. The summed E-state index contributed by atoms with van der Waals surface area (Å²) in [6.07, 6.45) is -2.54. The number of aryl methyl sites for hydroxylation is 1. The van der Waals surface area contributed by atoms with Crippen molar-refractivity contribution in [3.63, 3.8) is 0 Å². The van der Waals surface area contributed by atoms with Gasteiger partial charge in [0, 0.05) is 5.75 Å². The van der Waals surface area contributed by atoms with Crippen molar-refractivity contribution in [2.24, 2.45) is 0 Å². The second kappa shape index (κ2) is 8.90. The molecular weight excluding hydrogens is 462 g/mol. The molecule has 4 atom stereocenters. The van der Waals surface area contributed by atoms with Gasteiger partial charge in [-0.2, -0.15) is 8.42 Å². The van der Waals surface area contributed by atoms with E-state index in [-0.39, 0.29) is 10.7 Å². The number of anilines is 1. The summed E-state index contributed by atoms with van der Waals surface area (Å²) in [7, 11) is -4.23. The van der Waals surface area contributed by atoms with Crippen LogP contribution in [0.4, 0.5) is 5.82 Å². The second-order valence-electron chi connectivity index (χ2n) is 7.16. The van der Waals surface area contributed by atoms with Crippen LogP contribution in [0, 0.1) is 0 Å².